The van der Waals surface area contributed by atoms with Gasteiger partial charge in [-0.3, -0.25) is 4.79 Å². The largest absolute Gasteiger partial charge is 0.491 e. The summed E-state index contributed by atoms with van der Waals surface area (Å²) in [4.78, 5) is 15.2. The topological polar surface area (TPSA) is 50.8 Å². The summed E-state index contributed by atoms with van der Waals surface area (Å²) >= 11 is 0. The third kappa shape index (κ3) is 6.16. The van der Waals surface area contributed by atoms with Crippen LogP contribution < -0.4 is 14.8 Å². The van der Waals surface area contributed by atoms with Gasteiger partial charge in [0.25, 0.3) is 5.91 Å². The number of benzene rings is 2. The molecular formula is C24H29F3N2O3. The number of alkyl halides is 3. The molecule has 174 valence electrons. The van der Waals surface area contributed by atoms with Crippen molar-refractivity contribution in [3.05, 3.63) is 53.1 Å². The summed E-state index contributed by atoms with van der Waals surface area (Å²) in [5.74, 6) is 0.137. The monoisotopic (exact) mass is 450 g/mol. The summed E-state index contributed by atoms with van der Waals surface area (Å²) in [5.41, 5.74) is -0.448. The Morgan fingerprint density at radius 3 is 2.47 bits per heavy atom. The van der Waals surface area contributed by atoms with Gasteiger partial charge in [-0.05, 0) is 76.5 Å². The molecule has 0 aliphatic heterocycles. The Balaban J connectivity index is 1.89. The van der Waals surface area contributed by atoms with E-state index in [1.165, 1.54) is 19.1 Å². The maximum absolute atomic E-state index is 13.3. The van der Waals surface area contributed by atoms with Gasteiger partial charge in [-0.25, -0.2) is 0 Å². The molecule has 32 heavy (non-hydrogen) atoms. The van der Waals surface area contributed by atoms with Crippen molar-refractivity contribution < 1.29 is 27.4 Å². The molecule has 1 fully saturated rings. The van der Waals surface area contributed by atoms with Gasteiger partial charge in [0.15, 0.2) is 0 Å². The van der Waals surface area contributed by atoms with Crippen molar-refractivity contribution in [2.24, 2.45) is 0 Å². The zero-order valence-electron chi connectivity index (χ0n) is 18.6. The fraction of sp³-hybridized carbons (Fsp3) is 0.458. The molecule has 2 aromatic rings. The number of carbonyl (C=O) groups is 1. The number of ether oxygens (including phenoxy) is 2. The minimum atomic E-state index is -4.51. The van der Waals surface area contributed by atoms with E-state index >= 15 is 0 Å². The summed E-state index contributed by atoms with van der Waals surface area (Å²) in [6.07, 6.45) is -0.563. The van der Waals surface area contributed by atoms with E-state index in [1.54, 1.807) is 18.2 Å². The molecule has 0 unspecified atom stereocenters. The van der Waals surface area contributed by atoms with Gasteiger partial charge in [-0.2, -0.15) is 13.2 Å². The highest BCUT2D eigenvalue weighted by Gasteiger charge is 2.33. The van der Waals surface area contributed by atoms with Crippen LogP contribution in [0.3, 0.4) is 0 Å². The molecule has 1 aliphatic rings. The average molecular weight is 451 g/mol. The number of halogens is 3. The van der Waals surface area contributed by atoms with E-state index < -0.39 is 17.6 Å². The molecule has 5 nitrogen and oxygen atoms in total. The van der Waals surface area contributed by atoms with Crippen molar-refractivity contribution in [3.63, 3.8) is 0 Å². The molecule has 0 aromatic heterocycles. The fourth-order valence-electron chi connectivity index (χ4n) is 3.68. The summed E-state index contributed by atoms with van der Waals surface area (Å²) in [5, 5.41) is 2.59. The predicted molar refractivity (Wildman–Crippen MR) is 118 cm³/mol. The van der Waals surface area contributed by atoms with E-state index in [1.807, 2.05) is 19.0 Å². The summed E-state index contributed by atoms with van der Waals surface area (Å²) in [7, 11) is 3.82. The fourth-order valence-corrected chi connectivity index (χ4v) is 3.68. The molecule has 0 bridgehead atoms. The number of hydrogen-bond donors (Lipinski definition) is 1. The molecule has 1 aliphatic carbocycles. The Bertz CT molecular complexity index is 939. The van der Waals surface area contributed by atoms with Gasteiger partial charge in [0.1, 0.15) is 23.7 Å². The van der Waals surface area contributed by atoms with E-state index in [9.17, 15) is 18.0 Å². The van der Waals surface area contributed by atoms with Crippen LogP contribution in [-0.2, 0) is 6.18 Å². The Labute approximate surface area is 186 Å². The van der Waals surface area contributed by atoms with Crippen LogP contribution in [0.1, 0.15) is 47.2 Å². The number of likely N-dealkylation sites (N-methyl/N-ethyl adjacent to an activating group) is 1. The van der Waals surface area contributed by atoms with Gasteiger partial charge in [0.2, 0.25) is 0 Å². The van der Waals surface area contributed by atoms with E-state index in [0.29, 0.717) is 24.7 Å². The van der Waals surface area contributed by atoms with Gasteiger partial charge in [0, 0.05) is 12.2 Å². The highest BCUT2D eigenvalue weighted by Crippen LogP contribution is 2.35. The van der Waals surface area contributed by atoms with Gasteiger partial charge >= 0.3 is 6.18 Å². The number of carbonyl (C=O) groups excluding carboxylic acids is 1. The van der Waals surface area contributed by atoms with Crippen LogP contribution in [0.5, 0.6) is 11.5 Å². The number of nitrogens with zero attached hydrogens (tertiary/aromatic N) is 1. The standard InChI is InChI=1S/C24H29F3N2O3/c1-16-11-12-17(15-19(16)24(25,26)27)28-23(30)22-20(31-14-13-29(2)3)9-6-10-21(22)32-18-7-4-5-8-18/h6,9-12,15,18H,4-5,7-8,13-14H2,1-3H3,(H,28,30). The van der Waals surface area contributed by atoms with Crippen molar-refractivity contribution in [1.82, 2.24) is 4.90 Å². The lowest BCUT2D eigenvalue weighted by Crippen LogP contribution is -2.22. The number of hydrogen-bond acceptors (Lipinski definition) is 4. The summed E-state index contributed by atoms with van der Waals surface area (Å²) in [6, 6.07) is 8.86. The van der Waals surface area contributed by atoms with E-state index in [0.717, 1.165) is 31.7 Å². The number of rotatable bonds is 8. The second-order valence-electron chi connectivity index (χ2n) is 8.29. The van der Waals surface area contributed by atoms with Crippen LogP contribution >= 0.6 is 0 Å². The Morgan fingerprint density at radius 1 is 1.12 bits per heavy atom. The molecule has 0 radical (unpaired) electrons. The lowest BCUT2D eigenvalue weighted by atomic mass is 10.1. The zero-order valence-corrected chi connectivity index (χ0v) is 18.6. The average Bonchev–Trinajstić information content (AvgIpc) is 3.21. The van der Waals surface area contributed by atoms with Gasteiger partial charge in [-0.1, -0.05) is 12.1 Å². The van der Waals surface area contributed by atoms with Gasteiger partial charge in [-0.15, -0.1) is 0 Å². The van der Waals surface area contributed by atoms with Crippen LogP contribution in [0.15, 0.2) is 36.4 Å². The Hall–Kier alpha value is -2.74. The van der Waals surface area contributed by atoms with Crippen LogP contribution in [-0.4, -0.2) is 44.2 Å². The molecule has 1 saturated carbocycles. The molecule has 1 N–H and O–H groups in total. The summed E-state index contributed by atoms with van der Waals surface area (Å²) in [6.45, 7) is 2.38. The molecule has 0 atom stereocenters. The molecule has 3 rings (SSSR count). The van der Waals surface area contributed by atoms with Crippen molar-refractivity contribution in [3.8, 4) is 11.5 Å². The second-order valence-corrected chi connectivity index (χ2v) is 8.29. The first kappa shape index (κ1) is 23.9. The number of aryl methyl sites for hydroxylation is 1. The maximum Gasteiger partial charge on any atom is 0.416 e. The zero-order chi connectivity index (χ0) is 23.3. The van der Waals surface area contributed by atoms with Gasteiger partial charge < -0.3 is 19.7 Å². The lowest BCUT2D eigenvalue weighted by Gasteiger charge is -2.20. The van der Waals surface area contributed by atoms with Crippen molar-refractivity contribution in [2.45, 2.75) is 44.9 Å². The highest BCUT2D eigenvalue weighted by molar-refractivity contribution is 6.08. The molecule has 0 heterocycles. The first-order chi connectivity index (χ1) is 15.1. The van der Waals surface area contributed by atoms with Crippen LogP contribution in [0, 0.1) is 6.92 Å². The van der Waals surface area contributed by atoms with E-state index in [2.05, 4.69) is 5.32 Å². The molecule has 0 spiro atoms. The minimum absolute atomic E-state index is 0.00906. The van der Waals surface area contributed by atoms with Gasteiger partial charge in [0.05, 0.1) is 11.7 Å². The smallest absolute Gasteiger partial charge is 0.416 e. The van der Waals surface area contributed by atoms with E-state index in [-0.39, 0.29) is 22.9 Å². The molecule has 1 amide bonds. The second kappa shape index (κ2) is 10.3. The van der Waals surface area contributed by atoms with Crippen LogP contribution in [0.25, 0.3) is 0 Å². The Morgan fingerprint density at radius 2 is 1.81 bits per heavy atom. The third-order valence-corrected chi connectivity index (χ3v) is 5.41. The quantitative estimate of drug-likeness (QED) is 0.575. The molecular weight excluding hydrogens is 421 g/mol. The van der Waals surface area contributed by atoms with Crippen molar-refractivity contribution in [2.75, 3.05) is 32.6 Å². The number of anilines is 1. The third-order valence-electron chi connectivity index (χ3n) is 5.41. The van der Waals surface area contributed by atoms with Crippen molar-refractivity contribution in [1.29, 1.82) is 0 Å². The molecule has 2 aromatic carbocycles. The van der Waals surface area contributed by atoms with E-state index in [4.69, 9.17) is 9.47 Å². The predicted octanol–water partition coefficient (Wildman–Crippen LogP) is 5.53. The first-order valence-corrected chi connectivity index (χ1v) is 10.7. The normalized spacial score (nSPS) is 14.6. The lowest BCUT2D eigenvalue weighted by molar-refractivity contribution is -0.138. The number of amides is 1. The number of nitrogens with one attached hydrogen (secondary N) is 1. The van der Waals surface area contributed by atoms with Crippen molar-refractivity contribution >= 4 is 11.6 Å². The van der Waals surface area contributed by atoms with Crippen LogP contribution in [0.2, 0.25) is 0 Å². The molecule has 8 heteroatoms. The SMILES string of the molecule is Cc1ccc(NC(=O)c2c(OCCN(C)C)cccc2OC2CCCC2)cc1C(F)(F)F. The minimum Gasteiger partial charge on any atom is -0.491 e. The Kier molecular flexibility index (Phi) is 7.66. The highest BCUT2D eigenvalue weighted by atomic mass is 19.4. The van der Waals surface area contributed by atoms with Crippen LogP contribution in [0.4, 0.5) is 18.9 Å². The maximum atomic E-state index is 13.3. The summed E-state index contributed by atoms with van der Waals surface area (Å²) < 4.78 is 51.8. The molecule has 0 saturated heterocycles. The first-order valence-electron chi connectivity index (χ1n) is 10.7.